The summed E-state index contributed by atoms with van der Waals surface area (Å²) in [5.74, 6) is -0.491. The summed E-state index contributed by atoms with van der Waals surface area (Å²) in [6.07, 6.45) is 0.526. The lowest BCUT2D eigenvalue weighted by molar-refractivity contribution is -0.740. The third-order valence-corrected chi connectivity index (χ3v) is 1.19. The Morgan fingerprint density at radius 1 is 1.83 bits per heavy atom. The van der Waals surface area contributed by atoms with Gasteiger partial charge in [-0.25, -0.2) is 4.99 Å². The molecule has 0 saturated heterocycles. The SMILES string of the molecule is C/C([O-])=N\c1on[n+](C)c1C=O. The number of aldehydes is 1. The van der Waals surface area contributed by atoms with Crippen molar-refractivity contribution in [2.24, 2.45) is 12.0 Å². The van der Waals surface area contributed by atoms with E-state index < -0.39 is 5.90 Å². The Labute approximate surface area is 68.1 Å². The molecule has 0 radical (unpaired) electrons. The first-order chi connectivity index (χ1) is 5.65. The van der Waals surface area contributed by atoms with Crippen LogP contribution in [0.15, 0.2) is 9.52 Å². The Morgan fingerprint density at radius 2 is 2.50 bits per heavy atom. The summed E-state index contributed by atoms with van der Waals surface area (Å²) in [5.41, 5.74) is 0.144. The van der Waals surface area contributed by atoms with Crippen molar-refractivity contribution >= 4 is 18.1 Å². The molecule has 12 heavy (non-hydrogen) atoms. The molecule has 1 rings (SSSR count). The van der Waals surface area contributed by atoms with Crippen LogP contribution in [-0.2, 0) is 7.05 Å². The van der Waals surface area contributed by atoms with Gasteiger partial charge in [0.05, 0.1) is 0 Å². The standard InChI is InChI=1S/C6H7N3O3/c1-4(11)7-6-5(3-10)9(2)8-12-6/h3H,1-2H3. The normalized spacial score (nSPS) is 11.7. The molecular weight excluding hydrogens is 162 g/mol. The molecule has 1 heterocycles. The Hall–Kier alpha value is -1.72. The molecule has 0 aromatic carbocycles. The van der Waals surface area contributed by atoms with Gasteiger partial charge in [-0.15, -0.1) is 0 Å². The first-order valence-corrected chi connectivity index (χ1v) is 3.18. The van der Waals surface area contributed by atoms with E-state index in [1.807, 2.05) is 0 Å². The Kier molecular flexibility index (Phi) is 2.18. The van der Waals surface area contributed by atoms with E-state index in [1.54, 1.807) is 0 Å². The zero-order valence-corrected chi connectivity index (χ0v) is 6.64. The molecule has 0 N–H and O–H groups in total. The first kappa shape index (κ1) is 8.38. The highest BCUT2D eigenvalue weighted by Crippen LogP contribution is 2.11. The van der Waals surface area contributed by atoms with Crippen LogP contribution in [0.1, 0.15) is 17.4 Å². The molecule has 0 aliphatic rings. The van der Waals surface area contributed by atoms with Gasteiger partial charge in [-0.2, -0.15) is 0 Å². The van der Waals surface area contributed by atoms with Crippen molar-refractivity contribution in [2.45, 2.75) is 6.92 Å². The van der Waals surface area contributed by atoms with Crippen LogP contribution < -0.4 is 9.79 Å². The largest absolute Gasteiger partial charge is 0.862 e. The zero-order valence-electron chi connectivity index (χ0n) is 6.64. The molecular formula is C6H7N3O3. The van der Waals surface area contributed by atoms with Crippen molar-refractivity contribution in [3.8, 4) is 0 Å². The summed E-state index contributed by atoms with van der Waals surface area (Å²) >= 11 is 0. The van der Waals surface area contributed by atoms with Crippen LogP contribution in [0, 0.1) is 0 Å². The second-order valence-corrected chi connectivity index (χ2v) is 2.14. The van der Waals surface area contributed by atoms with E-state index in [9.17, 15) is 9.90 Å². The fourth-order valence-electron chi connectivity index (χ4n) is 0.676. The number of aliphatic imine (C=N–C) groups is 1. The van der Waals surface area contributed by atoms with E-state index >= 15 is 0 Å². The van der Waals surface area contributed by atoms with E-state index in [-0.39, 0.29) is 11.6 Å². The average Bonchev–Trinajstić information content (AvgIpc) is 2.30. The number of nitrogens with zero attached hydrogens (tertiary/aromatic N) is 3. The molecule has 0 spiro atoms. The average molecular weight is 169 g/mol. The van der Waals surface area contributed by atoms with Crippen LogP contribution in [0.4, 0.5) is 5.88 Å². The molecule has 0 amide bonds. The highest BCUT2D eigenvalue weighted by atomic mass is 16.5. The highest BCUT2D eigenvalue weighted by molar-refractivity contribution is 5.79. The summed E-state index contributed by atoms with van der Waals surface area (Å²) in [7, 11) is 1.52. The maximum absolute atomic E-state index is 10.5. The van der Waals surface area contributed by atoms with Gasteiger partial charge in [-0.1, -0.05) is 0 Å². The van der Waals surface area contributed by atoms with Crippen molar-refractivity contribution in [1.82, 2.24) is 5.27 Å². The van der Waals surface area contributed by atoms with E-state index in [1.165, 1.54) is 18.7 Å². The van der Waals surface area contributed by atoms with Crippen LogP contribution in [0.25, 0.3) is 0 Å². The first-order valence-electron chi connectivity index (χ1n) is 3.18. The molecule has 0 atom stereocenters. The molecule has 64 valence electrons. The summed E-state index contributed by atoms with van der Waals surface area (Å²) in [4.78, 5) is 13.8. The highest BCUT2D eigenvalue weighted by Gasteiger charge is 2.19. The maximum atomic E-state index is 10.5. The maximum Gasteiger partial charge on any atom is 0.339 e. The van der Waals surface area contributed by atoms with E-state index in [4.69, 9.17) is 0 Å². The third-order valence-electron chi connectivity index (χ3n) is 1.19. The second-order valence-electron chi connectivity index (χ2n) is 2.14. The van der Waals surface area contributed by atoms with Crippen LogP contribution in [0.2, 0.25) is 0 Å². The van der Waals surface area contributed by atoms with Crippen molar-refractivity contribution in [3.63, 3.8) is 0 Å². The molecule has 1 aromatic rings. The number of rotatable bonds is 2. The van der Waals surface area contributed by atoms with E-state index in [0.29, 0.717) is 6.29 Å². The number of carbonyl (C=O) groups excluding carboxylic acids is 1. The fraction of sp³-hybridized carbons (Fsp3) is 0.333. The number of hydrogen-bond donors (Lipinski definition) is 0. The van der Waals surface area contributed by atoms with Crippen LogP contribution in [0.3, 0.4) is 0 Å². The van der Waals surface area contributed by atoms with Crippen LogP contribution in [-0.4, -0.2) is 17.5 Å². The molecule has 1 aromatic heterocycles. The molecule has 0 fully saturated rings. The Bertz CT molecular complexity index is 325. The molecule has 0 aliphatic heterocycles. The minimum atomic E-state index is -0.435. The van der Waals surface area contributed by atoms with Gasteiger partial charge >= 0.3 is 11.6 Å². The van der Waals surface area contributed by atoms with Crippen LogP contribution in [0.5, 0.6) is 0 Å². The smallest absolute Gasteiger partial charge is 0.339 e. The topological polar surface area (TPSA) is 82.4 Å². The van der Waals surface area contributed by atoms with E-state index in [2.05, 4.69) is 14.8 Å². The summed E-state index contributed by atoms with van der Waals surface area (Å²) in [6, 6.07) is 0. The molecule has 0 unspecified atom stereocenters. The van der Waals surface area contributed by atoms with Crippen LogP contribution >= 0.6 is 0 Å². The lowest BCUT2D eigenvalue weighted by atomic mass is 10.5. The lowest BCUT2D eigenvalue weighted by Gasteiger charge is -1.96. The van der Waals surface area contributed by atoms with Crippen molar-refractivity contribution < 1.29 is 19.1 Å². The number of carbonyl (C=O) groups is 1. The third kappa shape index (κ3) is 1.47. The fourth-order valence-corrected chi connectivity index (χ4v) is 0.676. The van der Waals surface area contributed by atoms with Crippen molar-refractivity contribution in [2.75, 3.05) is 0 Å². The summed E-state index contributed by atoms with van der Waals surface area (Å²) in [6.45, 7) is 1.26. The summed E-state index contributed by atoms with van der Waals surface area (Å²) < 4.78 is 5.79. The monoisotopic (exact) mass is 169 g/mol. The number of aromatic nitrogens is 2. The molecule has 6 nitrogen and oxygen atoms in total. The van der Waals surface area contributed by atoms with Gasteiger partial charge < -0.3 is 5.11 Å². The van der Waals surface area contributed by atoms with Crippen molar-refractivity contribution in [3.05, 3.63) is 5.69 Å². The minimum Gasteiger partial charge on any atom is -0.862 e. The van der Waals surface area contributed by atoms with Gasteiger partial charge in [0.2, 0.25) is 11.6 Å². The second kappa shape index (κ2) is 3.12. The molecule has 0 aliphatic carbocycles. The van der Waals surface area contributed by atoms with E-state index in [0.717, 1.165) is 0 Å². The lowest BCUT2D eigenvalue weighted by Crippen LogP contribution is -2.33. The minimum absolute atomic E-state index is 0.0556. The van der Waals surface area contributed by atoms with Gasteiger partial charge in [0, 0.05) is 0 Å². The predicted molar refractivity (Wildman–Crippen MR) is 35.8 cm³/mol. The quantitative estimate of drug-likeness (QED) is 0.239. The molecule has 0 saturated carbocycles. The van der Waals surface area contributed by atoms with Gasteiger partial charge in [0.1, 0.15) is 0 Å². The van der Waals surface area contributed by atoms with Gasteiger partial charge in [0.15, 0.2) is 7.05 Å². The van der Waals surface area contributed by atoms with Gasteiger partial charge in [0.25, 0.3) is 0 Å². The summed E-state index contributed by atoms with van der Waals surface area (Å²) in [5, 5.41) is 13.9. The zero-order chi connectivity index (χ0) is 9.14. The van der Waals surface area contributed by atoms with Gasteiger partial charge in [-0.3, -0.25) is 9.32 Å². The molecule has 0 bridgehead atoms. The number of hydrogen-bond acceptors (Lipinski definition) is 5. The Balaban J connectivity index is 3.16. The Morgan fingerprint density at radius 3 is 3.00 bits per heavy atom. The van der Waals surface area contributed by atoms with Gasteiger partial charge in [-0.05, 0) is 17.5 Å². The number of aryl methyl sites for hydroxylation is 1. The van der Waals surface area contributed by atoms with Crippen molar-refractivity contribution in [1.29, 1.82) is 0 Å². The predicted octanol–water partition coefficient (Wildman–Crippen LogP) is -1.28. The molecule has 6 heteroatoms.